The molecule has 0 aliphatic rings. The second-order valence-electron chi connectivity index (χ2n) is 4.05. The Morgan fingerprint density at radius 3 is 2.84 bits per heavy atom. The summed E-state index contributed by atoms with van der Waals surface area (Å²) in [5.41, 5.74) is 0. The zero-order chi connectivity index (χ0) is 13.9. The molecule has 0 atom stereocenters. The van der Waals surface area contributed by atoms with E-state index in [2.05, 4.69) is 16.7 Å². The Labute approximate surface area is 117 Å². The first-order valence-corrected chi connectivity index (χ1v) is 7.15. The normalized spacial score (nSPS) is 10.2. The van der Waals surface area contributed by atoms with E-state index in [4.69, 9.17) is 4.74 Å². The molecule has 2 N–H and O–H groups in total. The first-order valence-electron chi connectivity index (χ1n) is 6.27. The monoisotopic (exact) mass is 284 g/mol. The quantitative estimate of drug-likeness (QED) is 0.663. The lowest BCUT2D eigenvalue weighted by Gasteiger charge is -2.06. The first-order chi connectivity index (χ1) is 9.22. The van der Waals surface area contributed by atoms with Crippen LogP contribution >= 0.6 is 11.3 Å². The highest BCUT2D eigenvalue weighted by molar-refractivity contribution is 7.09. The van der Waals surface area contributed by atoms with Gasteiger partial charge in [-0.15, -0.1) is 11.3 Å². The van der Waals surface area contributed by atoms with Crippen molar-refractivity contribution < 1.29 is 14.3 Å². The molecule has 106 valence electrons. The Hall–Kier alpha value is -1.40. The highest BCUT2D eigenvalue weighted by Gasteiger charge is 2.05. The third kappa shape index (κ3) is 7.58. The number of hydrogen-bond acceptors (Lipinski definition) is 4. The predicted octanol–water partition coefficient (Wildman–Crippen LogP) is 0.950. The molecule has 1 heterocycles. The Morgan fingerprint density at radius 1 is 1.32 bits per heavy atom. The van der Waals surface area contributed by atoms with Crippen LogP contribution in [0.25, 0.3) is 0 Å². The van der Waals surface area contributed by atoms with Crippen LogP contribution in [0.15, 0.2) is 17.5 Å². The van der Waals surface area contributed by atoms with Crippen molar-refractivity contribution in [1.82, 2.24) is 10.6 Å². The van der Waals surface area contributed by atoms with E-state index in [0.29, 0.717) is 19.6 Å². The maximum absolute atomic E-state index is 11.5. The van der Waals surface area contributed by atoms with Gasteiger partial charge in [-0.2, -0.15) is 0 Å². The zero-order valence-electron chi connectivity index (χ0n) is 11.1. The fourth-order valence-corrected chi connectivity index (χ4v) is 2.25. The first kappa shape index (κ1) is 15.7. The minimum Gasteiger partial charge on any atom is -0.383 e. The average molecular weight is 284 g/mol. The molecule has 0 unspecified atom stereocenters. The molecule has 0 aliphatic heterocycles. The number of carbonyl (C=O) groups excluding carboxylic acids is 2. The van der Waals surface area contributed by atoms with Gasteiger partial charge in [0.1, 0.15) is 0 Å². The van der Waals surface area contributed by atoms with E-state index in [1.807, 2.05) is 11.4 Å². The van der Waals surface area contributed by atoms with E-state index in [1.54, 1.807) is 18.4 Å². The molecule has 19 heavy (non-hydrogen) atoms. The van der Waals surface area contributed by atoms with Gasteiger partial charge in [-0.05, 0) is 24.3 Å². The Kier molecular flexibility index (Phi) is 7.84. The maximum atomic E-state index is 11.5. The van der Waals surface area contributed by atoms with Crippen LogP contribution in [0.1, 0.15) is 17.7 Å². The smallest absolute Gasteiger partial charge is 0.239 e. The molecule has 5 nitrogen and oxygen atoms in total. The third-order valence-corrected chi connectivity index (χ3v) is 3.42. The van der Waals surface area contributed by atoms with Crippen LogP contribution in [0.4, 0.5) is 0 Å². The molecule has 1 aromatic rings. The van der Waals surface area contributed by atoms with Crippen LogP contribution in [0, 0.1) is 0 Å². The van der Waals surface area contributed by atoms with Crippen molar-refractivity contribution in [2.45, 2.75) is 19.3 Å². The molecule has 1 aromatic heterocycles. The predicted molar refractivity (Wildman–Crippen MR) is 75.2 cm³/mol. The van der Waals surface area contributed by atoms with E-state index in [1.165, 1.54) is 4.88 Å². The summed E-state index contributed by atoms with van der Waals surface area (Å²) >= 11 is 1.70. The molecule has 0 spiro atoms. The lowest BCUT2D eigenvalue weighted by molar-refractivity contribution is -0.126. The van der Waals surface area contributed by atoms with E-state index in [9.17, 15) is 9.59 Å². The van der Waals surface area contributed by atoms with Crippen molar-refractivity contribution in [2.24, 2.45) is 0 Å². The fourth-order valence-electron chi connectivity index (χ4n) is 1.50. The molecule has 0 saturated carbocycles. The minimum absolute atomic E-state index is 0.0293. The van der Waals surface area contributed by atoms with Crippen molar-refractivity contribution >= 4 is 23.2 Å². The van der Waals surface area contributed by atoms with Gasteiger partial charge in [0.25, 0.3) is 0 Å². The largest absolute Gasteiger partial charge is 0.383 e. The van der Waals surface area contributed by atoms with Crippen LogP contribution in [-0.2, 0) is 20.7 Å². The fraction of sp³-hybridized carbons (Fsp3) is 0.538. The molecule has 0 fully saturated rings. The highest BCUT2D eigenvalue weighted by Crippen LogP contribution is 2.11. The van der Waals surface area contributed by atoms with Crippen LogP contribution in [-0.4, -0.2) is 38.6 Å². The van der Waals surface area contributed by atoms with E-state index in [-0.39, 0.29) is 18.4 Å². The molecule has 0 aromatic carbocycles. The van der Waals surface area contributed by atoms with Crippen molar-refractivity contribution in [3.8, 4) is 0 Å². The van der Waals surface area contributed by atoms with Gasteiger partial charge in [-0.3, -0.25) is 9.59 Å². The van der Waals surface area contributed by atoms with Gasteiger partial charge in [-0.25, -0.2) is 0 Å². The molecule has 2 amide bonds. The number of hydrogen-bond donors (Lipinski definition) is 2. The Morgan fingerprint density at radius 2 is 2.16 bits per heavy atom. The molecule has 0 bridgehead atoms. The summed E-state index contributed by atoms with van der Waals surface area (Å²) in [6, 6.07) is 4.07. The van der Waals surface area contributed by atoms with E-state index < -0.39 is 0 Å². The standard InChI is InChI=1S/C13H20N2O3S/c1-18-8-7-14-13(17)10-15-12(16)6-2-4-11-5-3-9-19-11/h3,5,9H,2,4,6-8,10H2,1H3,(H,14,17)(H,15,16). The summed E-state index contributed by atoms with van der Waals surface area (Å²) < 4.78 is 4.81. The van der Waals surface area contributed by atoms with Gasteiger partial charge < -0.3 is 15.4 Å². The molecule has 6 heteroatoms. The lowest BCUT2D eigenvalue weighted by atomic mass is 10.2. The second kappa shape index (κ2) is 9.52. The highest BCUT2D eigenvalue weighted by atomic mass is 32.1. The van der Waals surface area contributed by atoms with Gasteiger partial charge in [-0.1, -0.05) is 6.07 Å². The molecular weight excluding hydrogens is 264 g/mol. The number of carbonyl (C=O) groups is 2. The molecule has 0 aliphatic carbocycles. The van der Waals surface area contributed by atoms with Gasteiger partial charge in [0.15, 0.2) is 0 Å². The number of rotatable bonds is 9. The Balaban J connectivity index is 2.02. The van der Waals surface area contributed by atoms with Crippen LogP contribution in [0.2, 0.25) is 0 Å². The number of aryl methyl sites for hydroxylation is 1. The topological polar surface area (TPSA) is 67.4 Å². The van der Waals surface area contributed by atoms with Crippen LogP contribution in [0.3, 0.4) is 0 Å². The number of ether oxygens (including phenoxy) is 1. The minimum atomic E-state index is -0.191. The number of methoxy groups -OCH3 is 1. The van der Waals surface area contributed by atoms with Gasteiger partial charge in [0, 0.05) is 25.0 Å². The summed E-state index contributed by atoms with van der Waals surface area (Å²) in [4.78, 5) is 24.1. The summed E-state index contributed by atoms with van der Waals surface area (Å²) in [6.07, 6.45) is 2.16. The van der Waals surface area contributed by atoms with Crippen molar-refractivity contribution in [1.29, 1.82) is 0 Å². The van der Waals surface area contributed by atoms with Gasteiger partial charge >= 0.3 is 0 Å². The molecular formula is C13H20N2O3S. The zero-order valence-corrected chi connectivity index (χ0v) is 11.9. The van der Waals surface area contributed by atoms with Crippen molar-refractivity contribution in [2.75, 3.05) is 26.8 Å². The van der Waals surface area contributed by atoms with Crippen LogP contribution in [0.5, 0.6) is 0 Å². The number of amides is 2. The average Bonchev–Trinajstić information content (AvgIpc) is 2.90. The lowest BCUT2D eigenvalue weighted by Crippen LogP contribution is -2.38. The van der Waals surface area contributed by atoms with Gasteiger partial charge in [0.05, 0.1) is 13.2 Å². The summed E-state index contributed by atoms with van der Waals surface area (Å²) in [6.45, 7) is 0.964. The number of nitrogens with one attached hydrogen (secondary N) is 2. The van der Waals surface area contributed by atoms with Gasteiger partial charge in [0.2, 0.25) is 11.8 Å². The van der Waals surface area contributed by atoms with E-state index >= 15 is 0 Å². The molecule has 1 rings (SSSR count). The Bertz CT molecular complexity index is 379. The maximum Gasteiger partial charge on any atom is 0.239 e. The van der Waals surface area contributed by atoms with Crippen LogP contribution < -0.4 is 10.6 Å². The molecule has 0 radical (unpaired) electrons. The third-order valence-electron chi connectivity index (χ3n) is 2.48. The number of thiophene rings is 1. The second-order valence-corrected chi connectivity index (χ2v) is 5.08. The van der Waals surface area contributed by atoms with E-state index in [0.717, 1.165) is 12.8 Å². The SMILES string of the molecule is COCCNC(=O)CNC(=O)CCCc1cccs1. The van der Waals surface area contributed by atoms with Crippen molar-refractivity contribution in [3.05, 3.63) is 22.4 Å². The summed E-state index contributed by atoms with van der Waals surface area (Å²) in [5.74, 6) is -0.276. The van der Waals surface area contributed by atoms with Crippen molar-refractivity contribution in [3.63, 3.8) is 0 Å². The summed E-state index contributed by atoms with van der Waals surface area (Å²) in [7, 11) is 1.57. The molecule has 0 saturated heterocycles. The summed E-state index contributed by atoms with van der Waals surface area (Å²) in [5, 5.41) is 7.27.